The first-order chi connectivity index (χ1) is 9.66. The summed E-state index contributed by atoms with van der Waals surface area (Å²) in [5.41, 5.74) is 3.12. The average Bonchev–Trinajstić information content (AvgIpc) is 3.28. The summed E-state index contributed by atoms with van der Waals surface area (Å²) >= 11 is 2.30. The first kappa shape index (κ1) is 13.6. The molecule has 0 atom stereocenters. The van der Waals surface area contributed by atoms with E-state index in [1.807, 2.05) is 35.2 Å². The highest BCUT2D eigenvalue weighted by Crippen LogP contribution is 2.38. The molecule has 0 bridgehead atoms. The molecule has 3 rings (SSSR count). The molecule has 0 heterocycles. The Balaban J connectivity index is 2.09. The standard InChI is InChI=1S/C17H16INO/c1-12-7-10-15(18)16(11-12)19(17(20)13-8-9-13)14-5-3-2-4-6-14/h2-7,10-11,13H,8-9H2,1H3. The van der Waals surface area contributed by atoms with Gasteiger partial charge in [0.05, 0.1) is 5.69 Å². The Hall–Kier alpha value is -1.36. The first-order valence-electron chi connectivity index (χ1n) is 6.82. The summed E-state index contributed by atoms with van der Waals surface area (Å²) in [6, 6.07) is 16.2. The molecular formula is C17H16INO. The van der Waals surface area contributed by atoms with Gasteiger partial charge in [-0.05, 0) is 72.2 Å². The van der Waals surface area contributed by atoms with Gasteiger partial charge in [-0.15, -0.1) is 0 Å². The van der Waals surface area contributed by atoms with E-state index >= 15 is 0 Å². The number of amides is 1. The Kier molecular flexibility index (Phi) is 3.78. The number of aryl methyl sites for hydroxylation is 1. The van der Waals surface area contributed by atoms with Crippen molar-refractivity contribution in [2.75, 3.05) is 4.90 Å². The summed E-state index contributed by atoms with van der Waals surface area (Å²) in [5.74, 6) is 0.422. The summed E-state index contributed by atoms with van der Waals surface area (Å²) in [6.07, 6.45) is 2.04. The van der Waals surface area contributed by atoms with Gasteiger partial charge in [0.25, 0.3) is 0 Å². The SMILES string of the molecule is Cc1ccc(I)c(N(C(=O)C2CC2)c2ccccc2)c1. The van der Waals surface area contributed by atoms with Crippen LogP contribution in [0.5, 0.6) is 0 Å². The van der Waals surface area contributed by atoms with Gasteiger partial charge in [0, 0.05) is 15.2 Å². The van der Waals surface area contributed by atoms with Gasteiger partial charge in [-0.2, -0.15) is 0 Å². The number of hydrogen-bond acceptors (Lipinski definition) is 1. The van der Waals surface area contributed by atoms with E-state index in [9.17, 15) is 4.79 Å². The predicted molar refractivity (Wildman–Crippen MR) is 90.2 cm³/mol. The van der Waals surface area contributed by atoms with Crippen molar-refractivity contribution in [3.05, 3.63) is 57.7 Å². The Morgan fingerprint density at radius 2 is 1.85 bits per heavy atom. The molecule has 2 aromatic rings. The smallest absolute Gasteiger partial charge is 0.234 e. The Bertz CT molecular complexity index is 635. The third-order valence-corrected chi connectivity index (χ3v) is 4.42. The maximum Gasteiger partial charge on any atom is 0.234 e. The van der Waals surface area contributed by atoms with Crippen molar-refractivity contribution in [3.63, 3.8) is 0 Å². The summed E-state index contributed by atoms with van der Waals surface area (Å²) in [6.45, 7) is 2.06. The van der Waals surface area contributed by atoms with Gasteiger partial charge in [0.2, 0.25) is 5.91 Å². The average molecular weight is 377 g/mol. The van der Waals surface area contributed by atoms with E-state index in [1.54, 1.807) is 0 Å². The van der Waals surface area contributed by atoms with Crippen LogP contribution < -0.4 is 4.90 Å². The fraction of sp³-hybridized carbons (Fsp3) is 0.235. The minimum absolute atomic E-state index is 0.200. The van der Waals surface area contributed by atoms with E-state index in [0.717, 1.165) is 27.8 Å². The van der Waals surface area contributed by atoms with Gasteiger partial charge in [0.15, 0.2) is 0 Å². The third kappa shape index (κ3) is 2.73. The van der Waals surface area contributed by atoms with E-state index in [4.69, 9.17) is 0 Å². The lowest BCUT2D eigenvalue weighted by Gasteiger charge is -2.24. The van der Waals surface area contributed by atoms with Crippen LogP contribution in [0.3, 0.4) is 0 Å². The molecule has 2 aromatic carbocycles. The molecule has 1 fully saturated rings. The van der Waals surface area contributed by atoms with E-state index in [-0.39, 0.29) is 11.8 Å². The van der Waals surface area contributed by atoms with Crippen molar-refractivity contribution in [1.82, 2.24) is 0 Å². The minimum Gasteiger partial charge on any atom is -0.280 e. The molecule has 1 amide bonds. The monoisotopic (exact) mass is 377 g/mol. The Morgan fingerprint density at radius 3 is 2.50 bits per heavy atom. The Morgan fingerprint density at radius 1 is 1.15 bits per heavy atom. The van der Waals surface area contributed by atoms with Crippen LogP contribution in [-0.4, -0.2) is 5.91 Å². The zero-order chi connectivity index (χ0) is 14.1. The Labute approximate surface area is 132 Å². The molecule has 20 heavy (non-hydrogen) atoms. The van der Waals surface area contributed by atoms with Crippen molar-refractivity contribution < 1.29 is 4.79 Å². The van der Waals surface area contributed by atoms with Crippen molar-refractivity contribution in [2.24, 2.45) is 5.92 Å². The van der Waals surface area contributed by atoms with Crippen LogP contribution >= 0.6 is 22.6 Å². The number of nitrogens with zero attached hydrogens (tertiary/aromatic N) is 1. The van der Waals surface area contributed by atoms with Crippen LogP contribution in [0.25, 0.3) is 0 Å². The number of hydrogen-bond donors (Lipinski definition) is 0. The lowest BCUT2D eigenvalue weighted by atomic mass is 10.1. The molecule has 0 aliphatic heterocycles. The van der Waals surface area contributed by atoms with Gasteiger partial charge in [-0.3, -0.25) is 9.69 Å². The predicted octanol–water partition coefficient (Wildman–Crippen LogP) is 4.67. The van der Waals surface area contributed by atoms with Crippen molar-refractivity contribution >= 4 is 39.9 Å². The molecule has 0 N–H and O–H groups in total. The van der Waals surface area contributed by atoms with E-state index in [1.165, 1.54) is 5.56 Å². The lowest BCUT2D eigenvalue weighted by Crippen LogP contribution is -2.28. The fourth-order valence-corrected chi connectivity index (χ4v) is 2.85. The normalized spacial score (nSPS) is 14.1. The van der Waals surface area contributed by atoms with Crippen LogP contribution in [0.4, 0.5) is 11.4 Å². The number of anilines is 2. The second-order valence-corrected chi connectivity index (χ2v) is 6.40. The van der Waals surface area contributed by atoms with E-state index in [2.05, 4.69) is 47.7 Å². The number of para-hydroxylation sites is 1. The zero-order valence-corrected chi connectivity index (χ0v) is 13.5. The maximum atomic E-state index is 12.7. The van der Waals surface area contributed by atoms with Crippen LogP contribution in [0.1, 0.15) is 18.4 Å². The van der Waals surface area contributed by atoms with Crippen LogP contribution in [0.2, 0.25) is 0 Å². The second-order valence-electron chi connectivity index (χ2n) is 5.24. The molecular weight excluding hydrogens is 361 g/mol. The highest BCUT2D eigenvalue weighted by Gasteiger charge is 2.35. The highest BCUT2D eigenvalue weighted by atomic mass is 127. The summed E-state index contributed by atoms with van der Waals surface area (Å²) in [5, 5.41) is 0. The van der Waals surface area contributed by atoms with E-state index < -0.39 is 0 Å². The van der Waals surface area contributed by atoms with Gasteiger partial charge >= 0.3 is 0 Å². The first-order valence-corrected chi connectivity index (χ1v) is 7.90. The largest absolute Gasteiger partial charge is 0.280 e. The lowest BCUT2D eigenvalue weighted by molar-refractivity contribution is -0.119. The summed E-state index contributed by atoms with van der Waals surface area (Å²) in [4.78, 5) is 14.6. The van der Waals surface area contributed by atoms with Gasteiger partial charge in [0.1, 0.15) is 0 Å². The molecule has 102 valence electrons. The second kappa shape index (κ2) is 5.56. The van der Waals surface area contributed by atoms with Crippen molar-refractivity contribution in [2.45, 2.75) is 19.8 Å². The zero-order valence-electron chi connectivity index (χ0n) is 11.3. The number of rotatable bonds is 3. The van der Waals surface area contributed by atoms with E-state index in [0.29, 0.717) is 0 Å². The molecule has 0 radical (unpaired) electrons. The topological polar surface area (TPSA) is 20.3 Å². The van der Waals surface area contributed by atoms with Crippen molar-refractivity contribution in [1.29, 1.82) is 0 Å². The summed E-state index contributed by atoms with van der Waals surface area (Å²) in [7, 11) is 0. The van der Waals surface area contributed by atoms with Crippen molar-refractivity contribution in [3.8, 4) is 0 Å². The molecule has 1 aliphatic carbocycles. The molecule has 0 aromatic heterocycles. The quantitative estimate of drug-likeness (QED) is 0.712. The number of carbonyl (C=O) groups is 1. The van der Waals surface area contributed by atoms with Gasteiger partial charge in [-0.25, -0.2) is 0 Å². The maximum absolute atomic E-state index is 12.7. The molecule has 1 aliphatic rings. The molecule has 3 heteroatoms. The highest BCUT2D eigenvalue weighted by molar-refractivity contribution is 14.1. The summed E-state index contributed by atoms with van der Waals surface area (Å²) < 4.78 is 1.10. The minimum atomic E-state index is 0.200. The van der Waals surface area contributed by atoms with Gasteiger partial charge < -0.3 is 0 Å². The molecule has 0 saturated heterocycles. The van der Waals surface area contributed by atoms with Crippen LogP contribution in [0, 0.1) is 16.4 Å². The van der Waals surface area contributed by atoms with Crippen LogP contribution in [-0.2, 0) is 4.79 Å². The van der Waals surface area contributed by atoms with Crippen LogP contribution in [0.15, 0.2) is 48.5 Å². The third-order valence-electron chi connectivity index (χ3n) is 3.50. The number of carbonyl (C=O) groups excluding carboxylic acids is 1. The fourth-order valence-electron chi connectivity index (χ4n) is 2.27. The number of benzene rings is 2. The number of halogens is 1. The molecule has 1 saturated carbocycles. The molecule has 0 unspecified atom stereocenters. The van der Waals surface area contributed by atoms with Gasteiger partial charge in [-0.1, -0.05) is 24.3 Å². The molecule has 0 spiro atoms. The molecule has 2 nitrogen and oxygen atoms in total.